The van der Waals surface area contributed by atoms with Crippen LogP contribution in [0.1, 0.15) is 6.42 Å². The molecule has 1 saturated heterocycles. The van der Waals surface area contributed by atoms with Crippen LogP contribution in [0.3, 0.4) is 0 Å². The van der Waals surface area contributed by atoms with Gasteiger partial charge in [0.1, 0.15) is 12.1 Å². The highest BCUT2D eigenvalue weighted by Gasteiger charge is 2.37. The van der Waals surface area contributed by atoms with Crippen LogP contribution in [-0.4, -0.2) is 37.2 Å². The van der Waals surface area contributed by atoms with Gasteiger partial charge in [-0.15, -0.1) is 0 Å². The van der Waals surface area contributed by atoms with Crippen LogP contribution in [0, 0.1) is 5.92 Å². The molecule has 0 radical (unpaired) electrons. The van der Waals surface area contributed by atoms with Crippen molar-refractivity contribution in [2.24, 2.45) is 5.92 Å². The molecule has 6 heteroatoms. The lowest BCUT2D eigenvalue weighted by atomic mass is 10.0. The van der Waals surface area contributed by atoms with Crippen LogP contribution in [0.2, 0.25) is 0 Å². The molecule has 70 valence electrons. The van der Waals surface area contributed by atoms with E-state index in [0.29, 0.717) is 0 Å². The molecule has 0 aromatic heterocycles. The van der Waals surface area contributed by atoms with E-state index < -0.39 is 33.6 Å². The summed E-state index contributed by atoms with van der Waals surface area (Å²) in [5, 5.41) is 8.44. The molecule has 1 rings (SSSR count). The highest BCUT2D eigenvalue weighted by Crippen LogP contribution is 2.21. The average molecular weight is 196 g/mol. The van der Waals surface area contributed by atoms with E-state index in [1.165, 1.54) is 0 Å². The summed E-state index contributed by atoms with van der Waals surface area (Å²) in [7, 11) is -3.33. The Kier molecular flexibility index (Phi) is 2.36. The van der Waals surface area contributed by atoms with Crippen molar-refractivity contribution in [3.8, 4) is 0 Å². The largest absolute Gasteiger partial charge is 0.481 e. The van der Waals surface area contributed by atoms with Gasteiger partial charge in [-0.05, 0) is 6.42 Å². The molecular formula is C6H9FO4S. The van der Waals surface area contributed by atoms with Gasteiger partial charge in [0.15, 0.2) is 9.84 Å². The van der Waals surface area contributed by atoms with Crippen LogP contribution in [0.5, 0.6) is 0 Å². The van der Waals surface area contributed by atoms with Crippen molar-refractivity contribution in [1.29, 1.82) is 0 Å². The molecule has 2 atom stereocenters. The van der Waals surface area contributed by atoms with E-state index in [1.807, 2.05) is 0 Å². The topological polar surface area (TPSA) is 71.4 Å². The molecule has 0 aromatic carbocycles. The lowest BCUT2D eigenvalue weighted by molar-refractivity contribution is -0.143. The number of rotatable bonds is 1. The summed E-state index contributed by atoms with van der Waals surface area (Å²) in [6.07, 6.45) is -1.72. The Labute approximate surface area is 69.3 Å². The number of alkyl halides is 1. The van der Waals surface area contributed by atoms with Crippen LogP contribution in [0.4, 0.5) is 4.39 Å². The minimum absolute atomic E-state index is 0.195. The fraction of sp³-hybridized carbons (Fsp3) is 0.833. The van der Waals surface area contributed by atoms with Crippen LogP contribution in [-0.2, 0) is 14.6 Å². The van der Waals surface area contributed by atoms with Gasteiger partial charge in [-0.1, -0.05) is 0 Å². The van der Waals surface area contributed by atoms with Gasteiger partial charge < -0.3 is 5.11 Å². The number of carboxylic acids is 1. The van der Waals surface area contributed by atoms with Crippen molar-refractivity contribution in [1.82, 2.24) is 0 Å². The molecule has 1 aliphatic heterocycles. The normalized spacial score (nSPS) is 34.4. The zero-order valence-electron chi connectivity index (χ0n) is 6.23. The van der Waals surface area contributed by atoms with E-state index in [9.17, 15) is 17.6 Å². The standard InChI is InChI=1S/C6H9FO4S/c7-5-1-2-12(10,11)3-4(5)6(8)9/h4-5H,1-3H2,(H,8,9)/t4-,5+/m0/s1. The predicted molar refractivity (Wildman–Crippen MR) is 39.3 cm³/mol. The van der Waals surface area contributed by atoms with E-state index in [0.717, 1.165) is 0 Å². The SMILES string of the molecule is O=C(O)[C@H]1CS(=O)(=O)CC[C@H]1F. The highest BCUT2D eigenvalue weighted by atomic mass is 32.2. The minimum Gasteiger partial charge on any atom is -0.481 e. The smallest absolute Gasteiger partial charge is 0.310 e. The van der Waals surface area contributed by atoms with E-state index in [1.54, 1.807) is 0 Å². The number of hydrogen-bond acceptors (Lipinski definition) is 3. The Morgan fingerprint density at radius 3 is 2.50 bits per heavy atom. The maximum atomic E-state index is 12.8. The third-order valence-corrected chi connectivity index (χ3v) is 3.62. The second-order valence-corrected chi connectivity index (χ2v) is 5.09. The molecule has 1 N–H and O–H groups in total. The first-order valence-electron chi connectivity index (χ1n) is 3.50. The Morgan fingerprint density at radius 2 is 2.08 bits per heavy atom. The van der Waals surface area contributed by atoms with Crippen molar-refractivity contribution in [2.75, 3.05) is 11.5 Å². The Bertz CT molecular complexity index is 284. The third kappa shape index (κ3) is 1.94. The first-order valence-corrected chi connectivity index (χ1v) is 5.32. The molecule has 0 amide bonds. The minimum atomic E-state index is -3.33. The van der Waals surface area contributed by atoms with Gasteiger partial charge in [-0.3, -0.25) is 4.79 Å². The lowest BCUT2D eigenvalue weighted by Crippen LogP contribution is -2.38. The first kappa shape index (κ1) is 9.44. The van der Waals surface area contributed by atoms with Crippen molar-refractivity contribution in [3.63, 3.8) is 0 Å². The summed E-state index contributed by atoms with van der Waals surface area (Å²) in [6.45, 7) is 0. The van der Waals surface area contributed by atoms with E-state index >= 15 is 0 Å². The zero-order chi connectivity index (χ0) is 9.35. The van der Waals surface area contributed by atoms with Gasteiger partial charge in [0, 0.05) is 0 Å². The van der Waals surface area contributed by atoms with Crippen molar-refractivity contribution < 1.29 is 22.7 Å². The van der Waals surface area contributed by atoms with E-state index in [-0.39, 0.29) is 12.2 Å². The maximum absolute atomic E-state index is 12.8. The molecule has 0 spiro atoms. The summed E-state index contributed by atoms with van der Waals surface area (Å²) in [6, 6.07) is 0. The fourth-order valence-electron chi connectivity index (χ4n) is 1.18. The van der Waals surface area contributed by atoms with E-state index in [2.05, 4.69) is 0 Å². The Balaban J connectivity index is 2.79. The Morgan fingerprint density at radius 1 is 1.50 bits per heavy atom. The summed E-state index contributed by atoms with van der Waals surface area (Å²) in [5.74, 6) is -3.55. The van der Waals surface area contributed by atoms with Crippen molar-refractivity contribution >= 4 is 15.8 Å². The molecular weight excluding hydrogens is 187 g/mol. The van der Waals surface area contributed by atoms with Crippen molar-refractivity contribution in [3.05, 3.63) is 0 Å². The first-order chi connectivity index (χ1) is 5.42. The third-order valence-electron chi connectivity index (χ3n) is 1.89. The van der Waals surface area contributed by atoms with Gasteiger partial charge >= 0.3 is 5.97 Å². The summed E-state index contributed by atoms with van der Waals surface area (Å²) >= 11 is 0. The van der Waals surface area contributed by atoms with Gasteiger partial charge in [0.25, 0.3) is 0 Å². The molecule has 0 aliphatic carbocycles. The number of hydrogen-bond donors (Lipinski definition) is 1. The summed E-state index contributed by atoms with van der Waals surface area (Å²) in [5.41, 5.74) is 0. The molecule has 1 fully saturated rings. The molecule has 1 heterocycles. The predicted octanol–water partition coefficient (Wildman–Crippen LogP) is -0.156. The zero-order valence-corrected chi connectivity index (χ0v) is 7.05. The molecule has 1 aliphatic rings. The van der Waals surface area contributed by atoms with Gasteiger partial charge in [0.2, 0.25) is 0 Å². The molecule has 0 aromatic rings. The molecule has 0 unspecified atom stereocenters. The number of carboxylic acid groups (broad SMARTS) is 1. The van der Waals surface area contributed by atoms with Crippen LogP contribution in [0.25, 0.3) is 0 Å². The summed E-state index contributed by atoms with van der Waals surface area (Å²) < 4.78 is 34.6. The summed E-state index contributed by atoms with van der Waals surface area (Å²) in [4.78, 5) is 10.3. The molecule has 4 nitrogen and oxygen atoms in total. The van der Waals surface area contributed by atoms with Crippen LogP contribution >= 0.6 is 0 Å². The highest BCUT2D eigenvalue weighted by molar-refractivity contribution is 7.91. The van der Waals surface area contributed by atoms with Gasteiger partial charge in [-0.25, -0.2) is 12.8 Å². The molecule has 0 saturated carbocycles. The second kappa shape index (κ2) is 3.01. The quantitative estimate of drug-likeness (QED) is 0.632. The Hall–Kier alpha value is -0.650. The van der Waals surface area contributed by atoms with Crippen molar-refractivity contribution in [2.45, 2.75) is 12.6 Å². The van der Waals surface area contributed by atoms with E-state index in [4.69, 9.17) is 5.11 Å². The number of carbonyl (C=O) groups is 1. The van der Waals surface area contributed by atoms with Gasteiger partial charge in [0.05, 0.1) is 11.5 Å². The van der Waals surface area contributed by atoms with Gasteiger partial charge in [-0.2, -0.15) is 0 Å². The number of halogens is 1. The fourth-order valence-corrected chi connectivity index (χ4v) is 2.83. The lowest BCUT2D eigenvalue weighted by Gasteiger charge is -2.21. The second-order valence-electron chi connectivity index (χ2n) is 2.86. The van der Waals surface area contributed by atoms with Crippen LogP contribution in [0.15, 0.2) is 0 Å². The number of sulfone groups is 1. The monoisotopic (exact) mass is 196 g/mol. The average Bonchev–Trinajstić information content (AvgIpc) is 1.94. The number of aliphatic carboxylic acids is 1. The maximum Gasteiger partial charge on any atom is 0.310 e. The molecule has 12 heavy (non-hydrogen) atoms. The molecule has 0 bridgehead atoms. The van der Waals surface area contributed by atoms with Crippen LogP contribution < -0.4 is 0 Å².